The highest BCUT2D eigenvalue weighted by Gasteiger charge is 2.60. The summed E-state index contributed by atoms with van der Waals surface area (Å²) in [5.74, 6) is 3.69. The van der Waals surface area contributed by atoms with Crippen LogP contribution in [-0.2, 0) is 9.47 Å². The Morgan fingerprint density at radius 1 is 0.783 bits per heavy atom. The van der Waals surface area contributed by atoms with Gasteiger partial charge in [-0.25, -0.2) is 0 Å². The van der Waals surface area contributed by atoms with E-state index in [0.717, 1.165) is 43.3 Å². The van der Waals surface area contributed by atoms with E-state index in [4.69, 9.17) is 9.47 Å². The Kier molecular flexibility index (Phi) is 3.29. The Morgan fingerprint density at radius 3 is 2.43 bits per heavy atom. The summed E-state index contributed by atoms with van der Waals surface area (Å²) in [6.07, 6.45) is 14.1. The van der Waals surface area contributed by atoms with Crippen molar-refractivity contribution >= 4 is 0 Å². The second kappa shape index (κ2) is 4.97. The van der Waals surface area contributed by atoms with Crippen LogP contribution in [0.5, 0.6) is 0 Å². The van der Waals surface area contributed by atoms with E-state index in [1.807, 2.05) is 0 Å². The van der Waals surface area contributed by atoms with E-state index in [1.54, 1.807) is 0 Å². The van der Waals surface area contributed by atoms with Gasteiger partial charge in [0.2, 0.25) is 0 Å². The third-order valence-corrected chi connectivity index (χ3v) is 9.26. The van der Waals surface area contributed by atoms with E-state index >= 15 is 0 Å². The minimum Gasteiger partial charge on any atom is -0.348 e. The van der Waals surface area contributed by atoms with Gasteiger partial charge in [0.05, 0.1) is 13.2 Å². The SMILES string of the molecule is C[C@]12CCC[C@@H]1[C@@H]1CC[C@H]3CC4(CC[C@@]3(C)[C@@H]1CC2)OCCO4. The molecule has 2 nitrogen and oxygen atoms in total. The first-order valence-electron chi connectivity index (χ1n) is 10.3. The van der Waals surface area contributed by atoms with E-state index < -0.39 is 0 Å². The molecule has 0 amide bonds. The van der Waals surface area contributed by atoms with Gasteiger partial charge >= 0.3 is 0 Å². The third kappa shape index (κ3) is 2.06. The number of rotatable bonds is 0. The predicted octanol–water partition coefficient (Wildman–Crippen LogP) is 5.16. The molecule has 5 fully saturated rings. The number of hydrogen-bond acceptors (Lipinski definition) is 2. The van der Waals surface area contributed by atoms with Crippen molar-refractivity contribution in [2.24, 2.45) is 34.5 Å². The molecule has 2 heteroatoms. The molecule has 6 atom stereocenters. The topological polar surface area (TPSA) is 18.5 Å². The van der Waals surface area contributed by atoms with Crippen LogP contribution in [0.25, 0.3) is 0 Å². The first-order valence-corrected chi connectivity index (χ1v) is 10.3. The summed E-state index contributed by atoms with van der Waals surface area (Å²) in [6.45, 7) is 6.89. The maximum Gasteiger partial charge on any atom is 0.168 e. The molecule has 0 aromatic rings. The summed E-state index contributed by atoms with van der Waals surface area (Å²) < 4.78 is 12.1. The molecular formula is C21H34O2. The van der Waals surface area contributed by atoms with Crippen molar-refractivity contribution in [2.45, 2.75) is 83.8 Å². The monoisotopic (exact) mass is 318 g/mol. The molecule has 0 unspecified atom stereocenters. The van der Waals surface area contributed by atoms with E-state index in [1.165, 1.54) is 57.8 Å². The van der Waals surface area contributed by atoms with Crippen LogP contribution in [0.1, 0.15) is 78.1 Å². The maximum atomic E-state index is 6.07. The van der Waals surface area contributed by atoms with E-state index in [-0.39, 0.29) is 5.79 Å². The molecule has 1 heterocycles. The number of hydrogen-bond donors (Lipinski definition) is 0. The lowest BCUT2D eigenvalue weighted by Crippen LogP contribution is -2.55. The summed E-state index contributed by atoms with van der Waals surface area (Å²) in [5, 5.41) is 0. The van der Waals surface area contributed by atoms with Crippen molar-refractivity contribution in [3.63, 3.8) is 0 Å². The van der Waals surface area contributed by atoms with E-state index in [0.29, 0.717) is 10.8 Å². The minimum absolute atomic E-state index is 0.187. The van der Waals surface area contributed by atoms with Gasteiger partial charge in [-0.2, -0.15) is 0 Å². The van der Waals surface area contributed by atoms with Crippen molar-refractivity contribution in [2.75, 3.05) is 13.2 Å². The second-order valence-corrected chi connectivity index (χ2v) is 10.1. The van der Waals surface area contributed by atoms with Crippen LogP contribution in [0.4, 0.5) is 0 Å². The molecule has 0 aromatic heterocycles. The summed E-state index contributed by atoms with van der Waals surface area (Å²) in [5.41, 5.74) is 1.26. The molecule has 1 saturated heterocycles. The first kappa shape index (κ1) is 15.2. The van der Waals surface area contributed by atoms with Gasteiger partial charge in [0, 0.05) is 12.8 Å². The molecule has 0 aromatic carbocycles. The van der Waals surface area contributed by atoms with Crippen molar-refractivity contribution < 1.29 is 9.47 Å². The molecule has 1 spiro atoms. The molecule has 0 N–H and O–H groups in total. The predicted molar refractivity (Wildman–Crippen MR) is 91.0 cm³/mol. The summed E-state index contributed by atoms with van der Waals surface area (Å²) in [7, 11) is 0. The molecule has 5 rings (SSSR count). The van der Waals surface area contributed by atoms with Crippen LogP contribution in [0.15, 0.2) is 0 Å². The molecule has 0 bridgehead atoms. The molecule has 0 radical (unpaired) electrons. The zero-order chi connectivity index (χ0) is 15.7. The number of ether oxygens (including phenoxy) is 2. The van der Waals surface area contributed by atoms with E-state index in [9.17, 15) is 0 Å². The highest BCUT2D eigenvalue weighted by molar-refractivity contribution is 5.08. The average molecular weight is 319 g/mol. The Bertz CT molecular complexity index is 482. The molecule has 4 saturated carbocycles. The molecule has 4 aliphatic carbocycles. The molecular weight excluding hydrogens is 284 g/mol. The van der Waals surface area contributed by atoms with E-state index in [2.05, 4.69) is 13.8 Å². The van der Waals surface area contributed by atoms with Crippen LogP contribution in [0, 0.1) is 34.5 Å². The average Bonchev–Trinajstić information content (AvgIpc) is 3.15. The second-order valence-electron chi connectivity index (χ2n) is 10.1. The first-order chi connectivity index (χ1) is 11.0. The molecule has 1 aliphatic heterocycles. The maximum absolute atomic E-state index is 6.07. The Hall–Kier alpha value is -0.0800. The third-order valence-electron chi connectivity index (χ3n) is 9.26. The summed E-state index contributed by atoms with van der Waals surface area (Å²) >= 11 is 0. The van der Waals surface area contributed by atoms with Gasteiger partial charge in [-0.15, -0.1) is 0 Å². The van der Waals surface area contributed by atoms with Crippen LogP contribution in [0.2, 0.25) is 0 Å². The lowest BCUT2D eigenvalue weighted by atomic mass is 9.45. The normalized spacial score (nSPS) is 54.5. The summed E-state index contributed by atoms with van der Waals surface area (Å²) in [6, 6.07) is 0. The van der Waals surface area contributed by atoms with Gasteiger partial charge in [-0.3, -0.25) is 0 Å². The van der Waals surface area contributed by atoms with Crippen molar-refractivity contribution in [1.82, 2.24) is 0 Å². The Labute approximate surface area is 141 Å². The molecule has 23 heavy (non-hydrogen) atoms. The Balaban J connectivity index is 1.41. The van der Waals surface area contributed by atoms with Crippen molar-refractivity contribution in [3.05, 3.63) is 0 Å². The highest BCUT2D eigenvalue weighted by Crippen LogP contribution is 2.67. The zero-order valence-electron chi connectivity index (χ0n) is 15.1. The van der Waals surface area contributed by atoms with Crippen LogP contribution >= 0.6 is 0 Å². The minimum atomic E-state index is -0.187. The fraction of sp³-hybridized carbons (Fsp3) is 1.00. The molecule has 5 aliphatic rings. The smallest absolute Gasteiger partial charge is 0.168 e. The van der Waals surface area contributed by atoms with Crippen LogP contribution in [-0.4, -0.2) is 19.0 Å². The fourth-order valence-corrected chi connectivity index (χ4v) is 7.95. The van der Waals surface area contributed by atoms with Gasteiger partial charge < -0.3 is 9.47 Å². The van der Waals surface area contributed by atoms with Crippen LogP contribution in [0.3, 0.4) is 0 Å². The quantitative estimate of drug-likeness (QED) is 0.614. The molecule has 130 valence electrons. The van der Waals surface area contributed by atoms with Crippen molar-refractivity contribution in [1.29, 1.82) is 0 Å². The van der Waals surface area contributed by atoms with Gasteiger partial charge in [0.25, 0.3) is 0 Å². The lowest BCUT2D eigenvalue weighted by molar-refractivity contribution is -0.229. The van der Waals surface area contributed by atoms with Crippen molar-refractivity contribution in [3.8, 4) is 0 Å². The Morgan fingerprint density at radius 2 is 1.61 bits per heavy atom. The number of fused-ring (bicyclic) bond motifs is 5. The fourth-order valence-electron chi connectivity index (χ4n) is 7.95. The zero-order valence-corrected chi connectivity index (χ0v) is 15.1. The largest absolute Gasteiger partial charge is 0.348 e. The van der Waals surface area contributed by atoms with Gasteiger partial charge in [-0.1, -0.05) is 20.3 Å². The lowest BCUT2D eigenvalue weighted by Gasteiger charge is -2.61. The van der Waals surface area contributed by atoms with Crippen LogP contribution < -0.4 is 0 Å². The van der Waals surface area contributed by atoms with Gasteiger partial charge in [0.15, 0.2) is 5.79 Å². The summed E-state index contributed by atoms with van der Waals surface area (Å²) in [4.78, 5) is 0. The van der Waals surface area contributed by atoms with Gasteiger partial charge in [-0.05, 0) is 79.4 Å². The highest BCUT2D eigenvalue weighted by atomic mass is 16.7. The standard InChI is InChI=1S/C21H34O2/c1-19-8-3-4-17(19)16-6-5-15-14-21(22-12-13-23-21)11-10-20(15,2)18(16)7-9-19/h15-18H,3-14H2,1-2H3/t15-,16-,17+,18+,19+,20+/m0/s1. The van der Waals surface area contributed by atoms with Gasteiger partial charge in [0.1, 0.15) is 0 Å².